The molecule has 4 rings (SSSR count). The van der Waals surface area contributed by atoms with Crippen LogP contribution in [0.3, 0.4) is 0 Å². The molecule has 5 atom stereocenters. The molecule has 134 valence electrons. The number of non-ortho nitro benzene ring substituents is 1. The van der Waals surface area contributed by atoms with Crippen LogP contribution in [0.4, 0.5) is 11.4 Å². The lowest BCUT2D eigenvalue weighted by atomic mass is 9.85. The minimum atomic E-state index is -0.935. The highest BCUT2D eigenvalue weighted by molar-refractivity contribution is 6.10. The van der Waals surface area contributed by atoms with E-state index < -0.39 is 16.9 Å². The second-order valence-corrected chi connectivity index (χ2v) is 7.02. The zero-order valence-corrected chi connectivity index (χ0v) is 14.0. The Morgan fingerprint density at radius 3 is 2.19 bits per heavy atom. The Bertz CT molecular complexity index is 817. The van der Waals surface area contributed by atoms with Crippen LogP contribution in [-0.4, -0.2) is 33.6 Å². The summed E-state index contributed by atoms with van der Waals surface area (Å²) in [6, 6.07) is 4.44. The van der Waals surface area contributed by atoms with Crippen molar-refractivity contribution in [1.82, 2.24) is 4.90 Å². The lowest BCUT2D eigenvalue weighted by Crippen LogP contribution is -2.46. The van der Waals surface area contributed by atoms with Gasteiger partial charge in [-0.1, -0.05) is 12.2 Å². The summed E-state index contributed by atoms with van der Waals surface area (Å²) in [6.45, 7) is 1.52. The molecule has 1 N–H and O–H groups in total. The van der Waals surface area contributed by atoms with Gasteiger partial charge in [0, 0.05) is 17.8 Å². The van der Waals surface area contributed by atoms with E-state index in [4.69, 9.17) is 0 Å². The van der Waals surface area contributed by atoms with Crippen molar-refractivity contribution in [3.8, 4) is 0 Å². The predicted octanol–water partition coefficient (Wildman–Crippen LogP) is 1.73. The highest BCUT2D eigenvalue weighted by Gasteiger charge is 2.60. The van der Waals surface area contributed by atoms with E-state index in [1.807, 2.05) is 12.2 Å². The molecule has 3 amide bonds. The first-order valence-electron chi connectivity index (χ1n) is 8.49. The number of anilines is 1. The fourth-order valence-electron chi connectivity index (χ4n) is 4.34. The summed E-state index contributed by atoms with van der Waals surface area (Å²) in [6.07, 6.45) is 4.84. The van der Waals surface area contributed by atoms with E-state index in [2.05, 4.69) is 5.32 Å². The van der Waals surface area contributed by atoms with E-state index in [0.717, 1.165) is 11.3 Å². The number of fused-ring (bicyclic) bond motifs is 5. The second kappa shape index (κ2) is 5.76. The highest BCUT2D eigenvalue weighted by Crippen LogP contribution is 2.52. The van der Waals surface area contributed by atoms with Crippen LogP contribution in [0.15, 0.2) is 36.4 Å². The maximum Gasteiger partial charge on any atom is 0.269 e. The Hall–Kier alpha value is -3.03. The Kier molecular flexibility index (Phi) is 3.64. The molecule has 3 aliphatic rings. The number of carbonyl (C=O) groups is 3. The number of hydrogen-bond acceptors (Lipinski definition) is 5. The topological polar surface area (TPSA) is 110 Å². The maximum atomic E-state index is 12.7. The van der Waals surface area contributed by atoms with Crippen LogP contribution in [-0.2, 0) is 14.4 Å². The quantitative estimate of drug-likeness (QED) is 0.383. The number of nitro benzene ring substituents is 1. The van der Waals surface area contributed by atoms with Crippen LogP contribution in [0.2, 0.25) is 0 Å². The van der Waals surface area contributed by atoms with Crippen molar-refractivity contribution in [2.24, 2.45) is 23.7 Å². The largest absolute Gasteiger partial charge is 0.324 e. The molecule has 2 bridgehead atoms. The molecule has 1 saturated heterocycles. The molecule has 26 heavy (non-hydrogen) atoms. The molecular weight excluding hydrogens is 338 g/mol. The number of likely N-dealkylation sites (tertiary alicyclic amines) is 1. The van der Waals surface area contributed by atoms with Crippen molar-refractivity contribution in [3.05, 3.63) is 46.5 Å². The monoisotopic (exact) mass is 355 g/mol. The highest BCUT2D eigenvalue weighted by atomic mass is 16.6. The number of rotatable bonds is 4. The van der Waals surface area contributed by atoms with Crippen LogP contribution in [0, 0.1) is 33.8 Å². The summed E-state index contributed by atoms with van der Waals surface area (Å²) >= 11 is 0. The molecule has 8 heteroatoms. The number of nitrogens with one attached hydrogen (secondary N) is 1. The van der Waals surface area contributed by atoms with Crippen molar-refractivity contribution in [3.63, 3.8) is 0 Å². The minimum absolute atomic E-state index is 0.0863. The normalized spacial score (nSPS) is 29.8. The van der Waals surface area contributed by atoms with Crippen molar-refractivity contribution in [1.29, 1.82) is 0 Å². The number of nitrogens with zero attached hydrogens (tertiary/aromatic N) is 2. The van der Waals surface area contributed by atoms with E-state index in [1.165, 1.54) is 31.2 Å². The van der Waals surface area contributed by atoms with Gasteiger partial charge in [-0.2, -0.15) is 0 Å². The third-order valence-electron chi connectivity index (χ3n) is 5.62. The molecular formula is C18H17N3O5. The van der Waals surface area contributed by atoms with Crippen LogP contribution >= 0.6 is 0 Å². The van der Waals surface area contributed by atoms with Gasteiger partial charge in [0.25, 0.3) is 5.69 Å². The third kappa shape index (κ3) is 2.33. The molecule has 0 radical (unpaired) electrons. The Labute approximate surface area is 149 Å². The van der Waals surface area contributed by atoms with Crippen molar-refractivity contribution in [2.45, 2.75) is 19.4 Å². The van der Waals surface area contributed by atoms with Gasteiger partial charge < -0.3 is 5.32 Å². The van der Waals surface area contributed by atoms with Gasteiger partial charge in [0.1, 0.15) is 6.04 Å². The zero-order chi connectivity index (χ0) is 18.6. The van der Waals surface area contributed by atoms with E-state index >= 15 is 0 Å². The van der Waals surface area contributed by atoms with Crippen molar-refractivity contribution in [2.75, 3.05) is 5.32 Å². The van der Waals surface area contributed by atoms with E-state index in [9.17, 15) is 24.5 Å². The third-order valence-corrected chi connectivity index (χ3v) is 5.62. The van der Waals surface area contributed by atoms with Gasteiger partial charge in [0.05, 0.1) is 16.8 Å². The first kappa shape index (κ1) is 16.4. The van der Waals surface area contributed by atoms with Gasteiger partial charge in [0.15, 0.2) is 0 Å². The number of hydrogen-bond donors (Lipinski definition) is 1. The van der Waals surface area contributed by atoms with Crippen LogP contribution in [0.25, 0.3) is 0 Å². The SMILES string of the molecule is CC(C(=O)Nc1ccc([N+](=O)[O-])cc1)N1C(=O)C2C3C=CC(C3)C2C1=O. The van der Waals surface area contributed by atoms with Crippen molar-refractivity contribution < 1.29 is 19.3 Å². The standard InChI is InChI=1S/C18H17N3O5/c1-9(16(22)19-12-4-6-13(7-5-12)21(25)26)20-17(23)14-10-2-3-11(8-10)15(14)18(20)24/h2-7,9-11,14-15H,8H2,1H3,(H,19,22). The van der Waals surface area contributed by atoms with Gasteiger partial charge in [-0.25, -0.2) is 0 Å². The molecule has 2 fully saturated rings. The minimum Gasteiger partial charge on any atom is -0.324 e. The molecule has 5 unspecified atom stereocenters. The van der Waals surface area contributed by atoms with Crippen LogP contribution in [0.1, 0.15) is 13.3 Å². The lowest BCUT2D eigenvalue weighted by Gasteiger charge is -2.23. The fourth-order valence-corrected chi connectivity index (χ4v) is 4.34. The summed E-state index contributed by atoms with van der Waals surface area (Å²) in [4.78, 5) is 49.2. The van der Waals surface area contributed by atoms with Crippen molar-refractivity contribution >= 4 is 29.1 Å². The molecule has 1 aromatic rings. The smallest absolute Gasteiger partial charge is 0.269 e. The fraction of sp³-hybridized carbons (Fsp3) is 0.389. The lowest BCUT2D eigenvalue weighted by molar-refractivity contribution is -0.384. The van der Waals surface area contributed by atoms with Gasteiger partial charge in [-0.3, -0.25) is 29.4 Å². The van der Waals surface area contributed by atoms with E-state index in [0.29, 0.717) is 5.69 Å². The number of benzene rings is 1. The Morgan fingerprint density at radius 2 is 1.69 bits per heavy atom. The predicted molar refractivity (Wildman–Crippen MR) is 90.8 cm³/mol. The summed E-state index contributed by atoms with van der Waals surface area (Å²) < 4.78 is 0. The average molecular weight is 355 g/mol. The van der Waals surface area contributed by atoms with Gasteiger partial charge in [0.2, 0.25) is 17.7 Å². The Morgan fingerprint density at radius 1 is 1.15 bits per heavy atom. The second-order valence-electron chi connectivity index (χ2n) is 7.02. The van der Waals surface area contributed by atoms with E-state index in [1.54, 1.807) is 0 Å². The summed E-state index contributed by atoms with van der Waals surface area (Å²) in [5.41, 5.74) is 0.283. The number of imide groups is 1. The number of allylic oxidation sites excluding steroid dienone is 2. The molecule has 8 nitrogen and oxygen atoms in total. The van der Waals surface area contributed by atoms with Crippen LogP contribution < -0.4 is 5.32 Å². The number of carbonyl (C=O) groups excluding carboxylic acids is 3. The first-order valence-corrected chi connectivity index (χ1v) is 8.49. The molecule has 1 saturated carbocycles. The van der Waals surface area contributed by atoms with E-state index in [-0.39, 0.29) is 41.2 Å². The maximum absolute atomic E-state index is 12.7. The average Bonchev–Trinajstić information content (AvgIpc) is 3.29. The summed E-state index contributed by atoms with van der Waals surface area (Å²) in [5, 5.41) is 13.3. The number of amides is 3. The van der Waals surface area contributed by atoms with Gasteiger partial charge >= 0.3 is 0 Å². The zero-order valence-electron chi connectivity index (χ0n) is 14.0. The van der Waals surface area contributed by atoms with Gasteiger partial charge in [-0.15, -0.1) is 0 Å². The first-order chi connectivity index (χ1) is 12.4. The Balaban J connectivity index is 1.48. The molecule has 0 spiro atoms. The van der Waals surface area contributed by atoms with Gasteiger partial charge in [-0.05, 0) is 37.3 Å². The molecule has 2 aliphatic carbocycles. The summed E-state index contributed by atoms with van der Waals surface area (Å²) in [7, 11) is 0. The number of nitro groups is 1. The summed E-state index contributed by atoms with van der Waals surface area (Å²) in [5.74, 6) is -1.54. The van der Waals surface area contributed by atoms with Crippen LogP contribution in [0.5, 0.6) is 0 Å². The molecule has 1 heterocycles. The molecule has 1 aromatic carbocycles. The molecule has 1 aliphatic heterocycles. The molecule has 0 aromatic heterocycles.